The molecule has 2 amide bonds. The van der Waals surface area contributed by atoms with Crippen molar-refractivity contribution in [3.63, 3.8) is 0 Å². The number of ether oxygens (including phenoxy) is 1. The van der Waals surface area contributed by atoms with E-state index in [0.29, 0.717) is 38.6 Å². The Labute approximate surface area is 187 Å². The Morgan fingerprint density at radius 2 is 1.72 bits per heavy atom. The molecule has 1 fully saturated rings. The number of nitrogens with zero attached hydrogens (tertiary/aromatic N) is 5. The molecule has 3 aromatic rings. The van der Waals surface area contributed by atoms with E-state index in [2.05, 4.69) is 30.7 Å². The highest BCUT2D eigenvalue weighted by molar-refractivity contribution is 5.89. The number of benzene rings is 1. The van der Waals surface area contributed by atoms with Crippen LogP contribution in [0.2, 0.25) is 0 Å². The molecule has 0 unspecified atom stereocenters. The summed E-state index contributed by atoms with van der Waals surface area (Å²) >= 11 is 0. The van der Waals surface area contributed by atoms with Gasteiger partial charge in [0.2, 0.25) is 0 Å². The SMILES string of the molecule is CCOc1ccc(NC(=O)N2CCN(c3ccc(Nc4ccc(C)cn4)nn3)CC2)cc1. The number of rotatable bonds is 6. The van der Waals surface area contributed by atoms with Crippen LogP contribution in [0.25, 0.3) is 0 Å². The van der Waals surface area contributed by atoms with Crippen molar-refractivity contribution in [1.29, 1.82) is 0 Å². The van der Waals surface area contributed by atoms with E-state index in [1.54, 1.807) is 11.1 Å². The highest BCUT2D eigenvalue weighted by Gasteiger charge is 2.22. The third kappa shape index (κ3) is 5.42. The highest BCUT2D eigenvalue weighted by Crippen LogP contribution is 2.19. The number of pyridine rings is 1. The number of amides is 2. The second kappa shape index (κ2) is 9.95. The van der Waals surface area contributed by atoms with Crippen LogP contribution in [0.5, 0.6) is 5.75 Å². The van der Waals surface area contributed by atoms with Gasteiger partial charge in [-0.1, -0.05) is 6.07 Å². The number of aryl methyl sites for hydroxylation is 1. The number of carbonyl (C=O) groups excluding carboxylic acids is 1. The van der Waals surface area contributed by atoms with E-state index < -0.39 is 0 Å². The number of urea groups is 1. The fourth-order valence-corrected chi connectivity index (χ4v) is 3.38. The van der Waals surface area contributed by atoms with Crippen molar-refractivity contribution in [2.75, 3.05) is 48.3 Å². The largest absolute Gasteiger partial charge is 0.494 e. The molecule has 0 bridgehead atoms. The van der Waals surface area contributed by atoms with Gasteiger partial charge in [0.25, 0.3) is 0 Å². The van der Waals surface area contributed by atoms with Crippen LogP contribution in [0.15, 0.2) is 54.7 Å². The van der Waals surface area contributed by atoms with Gasteiger partial charge in [0.15, 0.2) is 11.6 Å². The van der Waals surface area contributed by atoms with E-state index in [1.807, 2.05) is 62.4 Å². The van der Waals surface area contributed by atoms with E-state index in [0.717, 1.165) is 28.6 Å². The van der Waals surface area contributed by atoms with Gasteiger partial charge in [-0.25, -0.2) is 9.78 Å². The van der Waals surface area contributed by atoms with Gasteiger partial charge in [-0.2, -0.15) is 0 Å². The predicted octanol–water partition coefficient (Wildman–Crippen LogP) is 3.68. The number of carbonyl (C=O) groups is 1. The summed E-state index contributed by atoms with van der Waals surface area (Å²) < 4.78 is 5.43. The Kier molecular flexibility index (Phi) is 6.64. The van der Waals surface area contributed by atoms with Crippen LogP contribution in [-0.2, 0) is 0 Å². The number of anilines is 4. The topological polar surface area (TPSA) is 95.5 Å². The van der Waals surface area contributed by atoms with Crippen molar-refractivity contribution in [2.24, 2.45) is 0 Å². The molecule has 2 aromatic heterocycles. The molecule has 2 N–H and O–H groups in total. The molecule has 0 aliphatic carbocycles. The van der Waals surface area contributed by atoms with E-state index in [1.165, 1.54) is 0 Å². The van der Waals surface area contributed by atoms with Crippen molar-refractivity contribution in [1.82, 2.24) is 20.1 Å². The summed E-state index contributed by atoms with van der Waals surface area (Å²) in [6, 6.07) is 15.0. The van der Waals surface area contributed by atoms with Gasteiger partial charge in [-0.3, -0.25) is 0 Å². The van der Waals surface area contributed by atoms with Crippen molar-refractivity contribution in [2.45, 2.75) is 13.8 Å². The van der Waals surface area contributed by atoms with Gasteiger partial charge in [-0.05, 0) is 61.9 Å². The molecule has 166 valence electrons. The zero-order chi connectivity index (χ0) is 22.3. The first-order chi connectivity index (χ1) is 15.6. The van der Waals surface area contributed by atoms with Crippen molar-refractivity contribution in [3.8, 4) is 5.75 Å². The smallest absolute Gasteiger partial charge is 0.321 e. The Bertz CT molecular complexity index is 1020. The van der Waals surface area contributed by atoms with Crippen molar-refractivity contribution >= 4 is 29.2 Å². The van der Waals surface area contributed by atoms with E-state index in [-0.39, 0.29) is 6.03 Å². The first-order valence-electron chi connectivity index (χ1n) is 10.7. The minimum atomic E-state index is -0.106. The average Bonchev–Trinajstić information content (AvgIpc) is 2.83. The van der Waals surface area contributed by atoms with Crippen LogP contribution >= 0.6 is 0 Å². The number of hydrogen-bond acceptors (Lipinski definition) is 7. The maximum absolute atomic E-state index is 12.6. The van der Waals surface area contributed by atoms with Crippen LogP contribution in [0.3, 0.4) is 0 Å². The summed E-state index contributed by atoms with van der Waals surface area (Å²) in [5.41, 5.74) is 1.85. The predicted molar refractivity (Wildman–Crippen MR) is 125 cm³/mol. The monoisotopic (exact) mass is 433 g/mol. The molecule has 0 radical (unpaired) electrons. The van der Waals surface area contributed by atoms with Gasteiger partial charge in [-0.15, -0.1) is 10.2 Å². The molecule has 9 heteroatoms. The van der Waals surface area contributed by atoms with Crippen molar-refractivity contribution < 1.29 is 9.53 Å². The maximum Gasteiger partial charge on any atom is 0.321 e. The molecule has 1 aliphatic rings. The Morgan fingerprint density at radius 3 is 2.34 bits per heavy atom. The molecule has 1 saturated heterocycles. The van der Waals surface area contributed by atoms with E-state index in [9.17, 15) is 4.79 Å². The quantitative estimate of drug-likeness (QED) is 0.612. The van der Waals surface area contributed by atoms with Crippen LogP contribution in [0.1, 0.15) is 12.5 Å². The van der Waals surface area contributed by atoms with Crippen LogP contribution < -0.4 is 20.3 Å². The standard InChI is InChI=1S/C23H27N7O2/c1-3-32-19-7-5-18(6-8-19)25-23(31)30-14-12-29(13-15-30)22-11-10-21(27-28-22)26-20-9-4-17(2)16-24-20/h4-11,16H,3,12-15H2,1-2H3,(H,25,31)(H,24,26,27). The summed E-state index contributed by atoms with van der Waals surface area (Å²) in [5, 5.41) is 14.7. The molecule has 32 heavy (non-hydrogen) atoms. The van der Waals surface area contributed by atoms with Gasteiger partial charge >= 0.3 is 6.03 Å². The van der Waals surface area contributed by atoms with Gasteiger partial charge in [0, 0.05) is 38.1 Å². The first kappa shape index (κ1) is 21.4. The number of nitrogens with one attached hydrogen (secondary N) is 2. The van der Waals surface area contributed by atoms with E-state index >= 15 is 0 Å². The van der Waals surface area contributed by atoms with E-state index in [4.69, 9.17) is 4.74 Å². The molecular formula is C23H27N7O2. The fraction of sp³-hybridized carbons (Fsp3) is 0.304. The van der Waals surface area contributed by atoms with Crippen molar-refractivity contribution in [3.05, 3.63) is 60.3 Å². The third-order valence-corrected chi connectivity index (χ3v) is 5.13. The Morgan fingerprint density at radius 1 is 0.969 bits per heavy atom. The molecule has 0 atom stereocenters. The second-order valence-corrected chi connectivity index (χ2v) is 7.48. The average molecular weight is 434 g/mol. The third-order valence-electron chi connectivity index (χ3n) is 5.13. The van der Waals surface area contributed by atoms with Gasteiger partial charge < -0.3 is 25.2 Å². The Hall–Kier alpha value is -3.88. The molecule has 0 spiro atoms. The molecule has 3 heterocycles. The minimum absolute atomic E-state index is 0.106. The van der Waals surface area contributed by atoms with Gasteiger partial charge in [0.1, 0.15) is 11.6 Å². The summed E-state index contributed by atoms with van der Waals surface area (Å²) in [6.07, 6.45) is 1.80. The summed E-state index contributed by atoms with van der Waals surface area (Å²) in [7, 11) is 0. The lowest BCUT2D eigenvalue weighted by atomic mass is 10.3. The lowest BCUT2D eigenvalue weighted by Crippen LogP contribution is -2.50. The molecule has 0 saturated carbocycles. The molecule has 9 nitrogen and oxygen atoms in total. The maximum atomic E-state index is 12.6. The lowest BCUT2D eigenvalue weighted by Gasteiger charge is -2.35. The molecular weight excluding hydrogens is 406 g/mol. The summed E-state index contributed by atoms with van der Waals surface area (Å²) in [6.45, 7) is 7.15. The lowest BCUT2D eigenvalue weighted by molar-refractivity contribution is 0.208. The number of piperazine rings is 1. The Balaban J connectivity index is 1.27. The molecule has 1 aromatic carbocycles. The van der Waals surface area contributed by atoms with Crippen LogP contribution in [-0.4, -0.2) is 58.9 Å². The summed E-state index contributed by atoms with van der Waals surface area (Å²) in [4.78, 5) is 20.8. The second-order valence-electron chi connectivity index (χ2n) is 7.48. The van der Waals surface area contributed by atoms with Crippen LogP contribution in [0.4, 0.5) is 27.9 Å². The number of hydrogen-bond donors (Lipinski definition) is 2. The highest BCUT2D eigenvalue weighted by atomic mass is 16.5. The minimum Gasteiger partial charge on any atom is -0.494 e. The zero-order valence-corrected chi connectivity index (χ0v) is 18.3. The zero-order valence-electron chi connectivity index (χ0n) is 18.3. The van der Waals surface area contributed by atoms with Crippen LogP contribution in [0, 0.1) is 6.92 Å². The molecule has 1 aliphatic heterocycles. The summed E-state index contributed by atoms with van der Waals surface area (Å²) in [5.74, 6) is 2.94. The van der Waals surface area contributed by atoms with Gasteiger partial charge in [0.05, 0.1) is 6.61 Å². The number of aromatic nitrogens is 3. The fourth-order valence-electron chi connectivity index (χ4n) is 3.38. The first-order valence-corrected chi connectivity index (χ1v) is 10.7. The normalized spacial score (nSPS) is 13.6. The molecule has 4 rings (SSSR count).